The maximum absolute atomic E-state index is 9.54. The smallest absolute Gasteiger partial charge is 0.160 e. The second kappa shape index (κ2) is 12.5. The maximum Gasteiger partial charge on any atom is 0.160 e. The molecule has 53 heavy (non-hydrogen) atoms. The largest absolute Gasteiger partial charge is 0.309 e. The van der Waals surface area contributed by atoms with Crippen LogP contribution in [0.4, 0.5) is 0 Å². The van der Waals surface area contributed by atoms with Crippen LogP contribution in [0.2, 0.25) is 0 Å². The van der Waals surface area contributed by atoms with Gasteiger partial charge in [0.05, 0.1) is 46.2 Å². The van der Waals surface area contributed by atoms with Crippen molar-refractivity contribution < 1.29 is 12.3 Å². The number of rotatable bonds is 5. The van der Waals surface area contributed by atoms with Crippen molar-refractivity contribution in [3.63, 3.8) is 0 Å². The van der Waals surface area contributed by atoms with Crippen molar-refractivity contribution in [2.45, 2.75) is 0 Å². The highest BCUT2D eigenvalue weighted by Crippen LogP contribution is 2.40. The Labute approximate surface area is 319 Å². The quantitative estimate of drug-likeness (QED) is 0.181. The molecule has 8 aromatic carbocycles. The molecule has 0 bridgehead atoms. The Bertz CT molecular complexity index is 3520. The average Bonchev–Trinajstić information content (AvgIpc) is 3.61. The van der Waals surface area contributed by atoms with Gasteiger partial charge in [0, 0.05) is 33.0 Å². The topological polar surface area (TPSA) is 54.5 Å². The average molecular weight is 684 g/mol. The second-order valence-corrected chi connectivity index (χ2v) is 12.7. The van der Waals surface area contributed by atoms with Crippen molar-refractivity contribution in [3.05, 3.63) is 187 Å². The van der Waals surface area contributed by atoms with E-state index in [0.717, 1.165) is 32.7 Å². The zero-order chi connectivity index (χ0) is 43.1. The van der Waals surface area contributed by atoms with Crippen molar-refractivity contribution >= 4 is 43.5 Å². The lowest BCUT2D eigenvalue weighted by atomic mass is 9.91. The fourth-order valence-electron chi connectivity index (χ4n) is 7.09. The van der Waals surface area contributed by atoms with Gasteiger partial charge in [-0.3, -0.25) is 0 Å². The van der Waals surface area contributed by atoms with E-state index in [1.54, 1.807) is 28.8 Å². The standard InChI is InChI=1S/C49H30N4/c50-31-32-19-21-34(22-20-32)42-30-45-44(29-41(42)33-11-3-1-4-12-33)48(35-13-5-2-6-14-35)52-49(51-45)36-23-25-39(26-24-36)53-46-18-10-9-17-40(46)43-27-37-15-7-8-16-38(37)28-47(43)53/h1-30H/i2D,5D,6D,13D,14D,23D,24D,25D,26D. The van der Waals surface area contributed by atoms with E-state index in [-0.39, 0.29) is 45.9 Å². The summed E-state index contributed by atoms with van der Waals surface area (Å²) in [7, 11) is 0. The summed E-state index contributed by atoms with van der Waals surface area (Å²) in [6.07, 6.45) is 0. The third-order valence-corrected chi connectivity index (χ3v) is 9.58. The minimum Gasteiger partial charge on any atom is -0.309 e. The molecule has 0 radical (unpaired) electrons. The van der Waals surface area contributed by atoms with Crippen LogP contribution in [0.5, 0.6) is 0 Å². The van der Waals surface area contributed by atoms with Crippen LogP contribution < -0.4 is 0 Å². The molecule has 0 aliphatic carbocycles. The Morgan fingerprint density at radius 3 is 1.96 bits per heavy atom. The highest BCUT2D eigenvalue weighted by molar-refractivity contribution is 6.13. The zero-order valence-electron chi connectivity index (χ0n) is 36.9. The molecule has 0 saturated carbocycles. The number of nitrogens with zero attached hydrogens (tertiary/aromatic N) is 4. The summed E-state index contributed by atoms with van der Waals surface area (Å²) < 4.78 is 83.3. The van der Waals surface area contributed by atoms with E-state index in [0.29, 0.717) is 33.1 Å². The van der Waals surface area contributed by atoms with Gasteiger partial charge in [0.15, 0.2) is 5.82 Å². The molecule has 4 nitrogen and oxygen atoms in total. The molecule has 0 fully saturated rings. The highest BCUT2D eigenvalue weighted by atomic mass is 15.0. The fraction of sp³-hybridized carbons (Fsp3) is 0. The first-order valence-electron chi connectivity index (χ1n) is 21.5. The Kier molecular flexibility index (Phi) is 5.28. The molecule has 0 aliphatic heterocycles. The van der Waals surface area contributed by atoms with Gasteiger partial charge in [-0.15, -0.1) is 0 Å². The molecule has 0 N–H and O–H groups in total. The van der Waals surface area contributed by atoms with Gasteiger partial charge in [-0.2, -0.15) is 5.26 Å². The highest BCUT2D eigenvalue weighted by Gasteiger charge is 2.18. The van der Waals surface area contributed by atoms with Crippen LogP contribution in [0.25, 0.3) is 94.1 Å². The lowest BCUT2D eigenvalue weighted by Crippen LogP contribution is -1.98. The van der Waals surface area contributed by atoms with Crippen molar-refractivity contribution in [1.29, 1.82) is 5.26 Å². The Morgan fingerprint density at radius 2 is 1.19 bits per heavy atom. The first kappa shape index (κ1) is 22.5. The summed E-state index contributed by atoms with van der Waals surface area (Å²) in [5.41, 5.74) is 4.62. The van der Waals surface area contributed by atoms with Crippen molar-refractivity contribution in [1.82, 2.24) is 14.5 Å². The summed E-state index contributed by atoms with van der Waals surface area (Å²) in [5, 5.41) is 13.6. The van der Waals surface area contributed by atoms with Crippen LogP contribution in [0.3, 0.4) is 0 Å². The minimum atomic E-state index is -0.580. The molecule has 0 amide bonds. The predicted molar refractivity (Wildman–Crippen MR) is 218 cm³/mol. The summed E-state index contributed by atoms with van der Waals surface area (Å²) in [6.45, 7) is 0. The molecule has 10 aromatic rings. The number of para-hydroxylation sites is 1. The number of hydrogen-bond acceptors (Lipinski definition) is 3. The Morgan fingerprint density at radius 1 is 0.509 bits per heavy atom. The van der Waals surface area contributed by atoms with Gasteiger partial charge in [-0.25, -0.2) is 9.97 Å². The number of aromatic nitrogens is 3. The molecule has 4 heteroatoms. The molecule has 0 aliphatic rings. The first-order chi connectivity index (χ1) is 30.0. The van der Waals surface area contributed by atoms with Crippen LogP contribution in [0.1, 0.15) is 17.9 Å². The van der Waals surface area contributed by atoms with E-state index in [1.807, 2.05) is 97.1 Å². The third-order valence-electron chi connectivity index (χ3n) is 9.58. The van der Waals surface area contributed by atoms with E-state index in [2.05, 4.69) is 12.1 Å². The molecule has 0 unspecified atom stereocenters. The monoisotopic (exact) mass is 683 g/mol. The molecular formula is C49H30N4. The number of hydrogen-bond donors (Lipinski definition) is 0. The van der Waals surface area contributed by atoms with Gasteiger partial charge in [0.1, 0.15) is 0 Å². The van der Waals surface area contributed by atoms with Crippen LogP contribution in [0, 0.1) is 11.3 Å². The molecule has 246 valence electrons. The van der Waals surface area contributed by atoms with E-state index in [1.165, 1.54) is 0 Å². The van der Waals surface area contributed by atoms with Gasteiger partial charge < -0.3 is 4.57 Å². The zero-order valence-corrected chi connectivity index (χ0v) is 27.9. The summed E-state index contributed by atoms with van der Waals surface area (Å²) in [6, 6.07) is 37.5. The number of benzene rings is 8. The third kappa shape index (κ3) is 5.23. The van der Waals surface area contributed by atoms with E-state index in [9.17, 15) is 10.7 Å². The molecule has 10 rings (SSSR count). The van der Waals surface area contributed by atoms with Gasteiger partial charge in [0.25, 0.3) is 0 Å². The summed E-state index contributed by atoms with van der Waals surface area (Å²) in [4.78, 5) is 9.74. The molecular weight excluding hydrogens is 645 g/mol. The van der Waals surface area contributed by atoms with Crippen LogP contribution >= 0.6 is 0 Å². The van der Waals surface area contributed by atoms with Gasteiger partial charge in [0.2, 0.25) is 0 Å². The van der Waals surface area contributed by atoms with Crippen LogP contribution in [-0.2, 0) is 0 Å². The minimum absolute atomic E-state index is 0.0347. The van der Waals surface area contributed by atoms with Gasteiger partial charge >= 0.3 is 0 Å². The molecule has 0 spiro atoms. The van der Waals surface area contributed by atoms with E-state index in [4.69, 9.17) is 16.8 Å². The molecule has 2 heterocycles. The SMILES string of the molecule is [2H]c1c([2H])c([2H])c(-c2nc(-c3c([2H])c([2H])c(-n4c5ccccc5c5cc6ccccc6cc54)c([2H])c3[2H])nc3cc(-c4ccc(C#N)cc4)c(-c4ccccc4)cc23)c([2H])c1[2H]. The van der Waals surface area contributed by atoms with Crippen molar-refractivity contribution in [3.8, 4) is 56.7 Å². The second-order valence-electron chi connectivity index (χ2n) is 12.7. The summed E-state index contributed by atoms with van der Waals surface area (Å²) >= 11 is 0. The maximum atomic E-state index is 9.54. The Hall–Kier alpha value is -7.35. The number of fused-ring (bicyclic) bond motifs is 5. The number of nitriles is 1. The lowest BCUT2D eigenvalue weighted by molar-refractivity contribution is 1.17. The van der Waals surface area contributed by atoms with Crippen LogP contribution in [0.15, 0.2) is 182 Å². The first-order valence-corrected chi connectivity index (χ1v) is 17.0. The van der Waals surface area contributed by atoms with Crippen molar-refractivity contribution in [2.24, 2.45) is 0 Å². The van der Waals surface area contributed by atoms with E-state index >= 15 is 0 Å². The van der Waals surface area contributed by atoms with Gasteiger partial charge in [-0.05, 0) is 99.7 Å². The Balaban J connectivity index is 1.29. The molecule has 0 atom stereocenters. The molecule has 2 aromatic heterocycles. The normalized spacial score (nSPS) is 13.8. The lowest BCUT2D eigenvalue weighted by Gasteiger charge is -2.16. The fourth-order valence-corrected chi connectivity index (χ4v) is 7.09. The summed E-state index contributed by atoms with van der Waals surface area (Å²) in [5.74, 6) is -0.227. The predicted octanol–water partition coefficient (Wildman–Crippen LogP) is 12.4. The molecule has 0 saturated heterocycles. The van der Waals surface area contributed by atoms with Crippen LogP contribution in [-0.4, -0.2) is 14.5 Å². The van der Waals surface area contributed by atoms with Crippen molar-refractivity contribution in [2.75, 3.05) is 0 Å². The van der Waals surface area contributed by atoms with E-state index < -0.39 is 42.3 Å². The van der Waals surface area contributed by atoms with Gasteiger partial charge in [-0.1, -0.05) is 115 Å².